The Kier molecular flexibility index (Phi) is 8.62. The van der Waals surface area contributed by atoms with Crippen LogP contribution in [-0.4, -0.2) is 38.4 Å². The number of amides is 1. The second kappa shape index (κ2) is 12.1. The van der Waals surface area contributed by atoms with Gasteiger partial charge in [-0.1, -0.05) is 0 Å². The second-order valence-corrected chi connectivity index (χ2v) is 6.91. The number of nitrogens with zero attached hydrogens (tertiary/aromatic N) is 1. The molecule has 0 heterocycles. The summed E-state index contributed by atoms with van der Waals surface area (Å²) in [5.41, 5.74) is 3.96. The molecule has 0 spiro atoms. The van der Waals surface area contributed by atoms with Gasteiger partial charge in [0.2, 0.25) is 0 Å². The molecule has 8 heteroatoms. The monoisotopic (exact) mass is 462 g/mol. The molecule has 1 N–H and O–H groups in total. The number of carbonyl (C=O) groups excluding carboxylic acids is 2. The van der Waals surface area contributed by atoms with Crippen molar-refractivity contribution in [2.24, 2.45) is 5.10 Å². The molecule has 0 aliphatic rings. The summed E-state index contributed by atoms with van der Waals surface area (Å²) in [6, 6.07) is 18.4. The van der Waals surface area contributed by atoms with E-state index >= 15 is 0 Å². The minimum absolute atomic E-state index is 0.278. The molecule has 0 aliphatic heterocycles. The highest BCUT2D eigenvalue weighted by molar-refractivity contribution is 5.95. The summed E-state index contributed by atoms with van der Waals surface area (Å²) in [6.07, 6.45) is 1.47. The molecule has 0 unspecified atom stereocenters. The Morgan fingerprint density at radius 1 is 0.824 bits per heavy atom. The van der Waals surface area contributed by atoms with Gasteiger partial charge in [-0.25, -0.2) is 10.2 Å². The zero-order valence-electron chi connectivity index (χ0n) is 19.2. The van der Waals surface area contributed by atoms with Crippen LogP contribution in [-0.2, 0) is 0 Å². The van der Waals surface area contributed by atoms with E-state index in [2.05, 4.69) is 10.5 Å². The number of rotatable bonds is 10. The van der Waals surface area contributed by atoms with Crippen molar-refractivity contribution in [1.29, 1.82) is 0 Å². The van der Waals surface area contributed by atoms with Crippen molar-refractivity contribution in [1.82, 2.24) is 5.43 Å². The average molecular weight is 463 g/mol. The predicted molar refractivity (Wildman–Crippen MR) is 128 cm³/mol. The summed E-state index contributed by atoms with van der Waals surface area (Å²) >= 11 is 0. The van der Waals surface area contributed by atoms with Gasteiger partial charge in [-0.15, -0.1) is 0 Å². The first kappa shape index (κ1) is 24.3. The highest BCUT2D eigenvalue weighted by Crippen LogP contribution is 2.29. The molecule has 3 aromatic rings. The summed E-state index contributed by atoms with van der Waals surface area (Å²) in [4.78, 5) is 24.8. The van der Waals surface area contributed by atoms with Crippen molar-refractivity contribution in [2.45, 2.75) is 13.8 Å². The van der Waals surface area contributed by atoms with Crippen LogP contribution in [0.4, 0.5) is 0 Å². The lowest BCUT2D eigenvalue weighted by Crippen LogP contribution is -2.17. The lowest BCUT2D eigenvalue weighted by Gasteiger charge is -2.11. The summed E-state index contributed by atoms with van der Waals surface area (Å²) in [6.45, 7) is 4.64. The molecular weight excluding hydrogens is 436 g/mol. The smallest absolute Gasteiger partial charge is 0.343 e. The van der Waals surface area contributed by atoms with E-state index in [9.17, 15) is 9.59 Å². The van der Waals surface area contributed by atoms with Crippen LogP contribution >= 0.6 is 0 Å². The Balaban J connectivity index is 1.66. The van der Waals surface area contributed by atoms with Crippen LogP contribution in [0.1, 0.15) is 40.1 Å². The summed E-state index contributed by atoms with van der Waals surface area (Å²) in [5.74, 6) is 1.12. The zero-order valence-corrected chi connectivity index (χ0v) is 19.2. The molecule has 0 bridgehead atoms. The Morgan fingerprint density at radius 3 is 2.12 bits per heavy atom. The maximum atomic E-state index is 12.5. The fourth-order valence-corrected chi connectivity index (χ4v) is 2.94. The van der Waals surface area contributed by atoms with Gasteiger partial charge in [0.1, 0.15) is 11.5 Å². The third kappa shape index (κ3) is 6.59. The fraction of sp³-hybridized carbons (Fsp3) is 0.192. The second-order valence-electron chi connectivity index (χ2n) is 6.91. The maximum absolute atomic E-state index is 12.5. The van der Waals surface area contributed by atoms with Crippen molar-refractivity contribution < 1.29 is 28.5 Å². The van der Waals surface area contributed by atoms with Crippen LogP contribution in [0.3, 0.4) is 0 Å². The Bertz CT molecular complexity index is 1140. The van der Waals surface area contributed by atoms with Crippen LogP contribution in [0.5, 0.6) is 23.0 Å². The predicted octanol–water partition coefficient (Wildman–Crippen LogP) is 4.48. The summed E-state index contributed by atoms with van der Waals surface area (Å²) < 4.78 is 21.6. The summed E-state index contributed by atoms with van der Waals surface area (Å²) in [7, 11) is 1.56. The number of hydrogen-bond acceptors (Lipinski definition) is 7. The van der Waals surface area contributed by atoms with E-state index < -0.39 is 5.97 Å². The van der Waals surface area contributed by atoms with Crippen LogP contribution in [0.2, 0.25) is 0 Å². The SMILES string of the molecule is CCOc1ccc(C(=O)Oc2ccc(/C=N/NC(=O)c3ccc(OC)cc3)cc2OCC)cc1. The molecule has 0 saturated carbocycles. The Labute approximate surface area is 198 Å². The first-order valence-electron chi connectivity index (χ1n) is 10.7. The number of carbonyl (C=O) groups is 2. The van der Waals surface area contributed by atoms with Crippen molar-refractivity contribution in [3.8, 4) is 23.0 Å². The molecule has 176 valence electrons. The van der Waals surface area contributed by atoms with Gasteiger partial charge in [-0.05, 0) is 86.1 Å². The number of methoxy groups -OCH3 is 1. The lowest BCUT2D eigenvalue weighted by atomic mass is 10.2. The van der Waals surface area contributed by atoms with Crippen LogP contribution < -0.4 is 24.4 Å². The van der Waals surface area contributed by atoms with Gasteiger partial charge in [0.05, 0.1) is 32.1 Å². The standard InChI is InChI=1S/C26H26N2O6/c1-4-32-22-13-9-20(10-14-22)26(30)34-23-15-6-18(16-24(23)33-5-2)17-27-28-25(29)19-7-11-21(31-3)12-8-19/h6-17H,4-5H2,1-3H3,(H,28,29)/b27-17+. The van der Waals surface area contributed by atoms with Crippen molar-refractivity contribution in [3.63, 3.8) is 0 Å². The van der Waals surface area contributed by atoms with Gasteiger partial charge in [0, 0.05) is 5.56 Å². The van der Waals surface area contributed by atoms with Crippen molar-refractivity contribution in [2.75, 3.05) is 20.3 Å². The van der Waals surface area contributed by atoms with Gasteiger partial charge < -0.3 is 18.9 Å². The first-order chi connectivity index (χ1) is 16.5. The minimum atomic E-state index is -0.517. The lowest BCUT2D eigenvalue weighted by molar-refractivity contribution is 0.0728. The molecule has 3 aromatic carbocycles. The molecule has 34 heavy (non-hydrogen) atoms. The van der Waals surface area contributed by atoms with E-state index in [-0.39, 0.29) is 11.7 Å². The van der Waals surface area contributed by atoms with Crippen molar-refractivity contribution >= 4 is 18.1 Å². The molecule has 0 saturated heterocycles. The number of nitrogens with one attached hydrogen (secondary N) is 1. The topological polar surface area (TPSA) is 95.5 Å². The minimum Gasteiger partial charge on any atom is -0.497 e. The van der Waals surface area contributed by atoms with Gasteiger partial charge in [-0.2, -0.15) is 5.10 Å². The normalized spacial score (nSPS) is 10.6. The van der Waals surface area contributed by atoms with Crippen molar-refractivity contribution in [3.05, 3.63) is 83.4 Å². The van der Waals surface area contributed by atoms with Crippen LogP contribution in [0.25, 0.3) is 0 Å². The Morgan fingerprint density at radius 2 is 1.47 bits per heavy atom. The maximum Gasteiger partial charge on any atom is 0.343 e. The summed E-state index contributed by atoms with van der Waals surface area (Å²) in [5, 5.41) is 3.99. The molecule has 0 atom stereocenters. The largest absolute Gasteiger partial charge is 0.497 e. The third-order valence-corrected chi connectivity index (χ3v) is 4.60. The highest BCUT2D eigenvalue weighted by atomic mass is 16.6. The molecule has 0 fully saturated rings. The van der Waals surface area contributed by atoms with E-state index in [1.165, 1.54) is 6.21 Å². The highest BCUT2D eigenvalue weighted by Gasteiger charge is 2.13. The third-order valence-electron chi connectivity index (χ3n) is 4.60. The van der Waals surface area contributed by atoms with E-state index in [1.54, 1.807) is 73.8 Å². The molecule has 3 rings (SSSR count). The number of ether oxygens (including phenoxy) is 4. The number of hydrazone groups is 1. The molecular formula is C26H26N2O6. The molecule has 0 aromatic heterocycles. The molecule has 0 radical (unpaired) electrons. The van der Waals surface area contributed by atoms with E-state index in [1.807, 2.05) is 13.8 Å². The molecule has 1 amide bonds. The van der Waals surface area contributed by atoms with E-state index in [0.29, 0.717) is 47.2 Å². The fourth-order valence-electron chi connectivity index (χ4n) is 2.94. The average Bonchev–Trinajstić information content (AvgIpc) is 2.86. The van der Waals surface area contributed by atoms with Gasteiger partial charge >= 0.3 is 5.97 Å². The molecule has 8 nitrogen and oxygen atoms in total. The van der Waals surface area contributed by atoms with Crippen LogP contribution in [0, 0.1) is 0 Å². The van der Waals surface area contributed by atoms with Gasteiger partial charge in [-0.3, -0.25) is 4.79 Å². The van der Waals surface area contributed by atoms with E-state index in [0.717, 1.165) is 0 Å². The quantitative estimate of drug-likeness (QED) is 0.207. The number of hydrogen-bond donors (Lipinski definition) is 1. The molecule has 0 aliphatic carbocycles. The Hall–Kier alpha value is -4.33. The number of benzene rings is 3. The van der Waals surface area contributed by atoms with E-state index in [4.69, 9.17) is 18.9 Å². The van der Waals surface area contributed by atoms with Gasteiger partial charge in [0.15, 0.2) is 11.5 Å². The van der Waals surface area contributed by atoms with Gasteiger partial charge in [0.25, 0.3) is 5.91 Å². The van der Waals surface area contributed by atoms with Crippen LogP contribution in [0.15, 0.2) is 71.8 Å². The first-order valence-corrected chi connectivity index (χ1v) is 10.7. The number of esters is 1. The zero-order chi connectivity index (χ0) is 24.3.